The molecule has 134 valence electrons. The number of hydrogen-bond acceptors (Lipinski definition) is 2. The maximum atomic E-state index is 13.3. The van der Waals surface area contributed by atoms with Gasteiger partial charge in [-0.3, -0.25) is 9.59 Å². The Morgan fingerprint density at radius 1 is 0.607 bits per heavy atom. The average molecular weight is 363 g/mol. The van der Waals surface area contributed by atoms with Crippen LogP contribution in [0.5, 0.6) is 0 Å². The van der Waals surface area contributed by atoms with Crippen molar-refractivity contribution in [2.75, 3.05) is 0 Å². The Morgan fingerprint density at radius 3 is 1.86 bits per heavy atom. The molecule has 5 rings (SSSR count). The molecule has 0 atom stereocenters. The first-order valence-corrected chi connectivity index (χ1v) is 9.25. The van der Waals surface area contributed by atoms with E-state index in [2.05, 4.69) is 0 Å². The highest BCUT2D eigenvalue weighted by atomic mass is 16.1. The second-order valence-corrected chi connectivity index (χ2v) is 6.93. The first-order valence-electron chi connectivity index (χ1n) is 9.25. The Balaban J connectivity index is 1.76. The van der Waals surface area contributed by atoms with E-state index in [1.54, 1.807) is 24.3 Å². The minimum Gasteiger partial charge on any atom is -0.333 e. The predicted octanol–water partition coefficient (Wildman–Crippen LogP) is 4.98. The lowest BCUT2D eigenvalue weighted by Gasteiger charge is -2.18. The number of hydrogen-bond donors (Lipinski definition) is 0. The molecule has 1 heterocycles. The Morgan fingerprint density at radius 2 is 1.18 bits per heavy atom. The first kappa shape index (κ1) is 16.5. The van der Waals surface area contributed by atoms with Crippen LogP contribution in [0.15, 0.2) is 91.0 Å². The van der Waals surface area contributed by atoms with Gasteiger partial charge in [0.1, 0.15) is 5.69 Å². The summed E-state index contributed by atoms with van der Waals surface area (Å²) in [6, 6.07) is 28.8. The van der Waals surface area contributed by atoms with E-state index in [-0.39, 0.29) is 11.6 Å². The van der Waals surface area contributed by atoms with Gasteiger partial charge < -0.3 is 4.57 Å². The average Bonchev–Trinajstić information content (AvgIpc) is 3.13. The van der Waals surface area contributed by atoms with Gasteiger partial charge in [-0.1, -0.05) is 84.9 Å². The number of carbonyl (C=O) groups excluding carboxylic acids is 2. The van der Waals surface area contributed by atoms with Crippen molar-refractivity contribution in [2.24, 2.45) is 0 Å². The van der Waals surface area contributed by atoms with Crippen molar-refractivity contribution in [3.05, 3.63) is 119 Å². The molecule has 0 N–H and O–H groups in total. The lowest BCUT2D eigenvalue weighted by Crippen LogP contribution is -2.23. The van der Waals surface area contributed by atoms with Crippen LogP contribution < -0.4 is 0 Å². The van der Waals surface area contributed by atoms with Gasteiger partial charge in [-0.2, -0.15) is 0 Å². The zero-order chi connectivity index (χ0) is 19.1. The van der Waals surface area contributed by atoms with E-state index >= 15 is 0 Å². The van der Waals surface area contributed by atoms with Crippen molar-refractivity contribution in [3.63, 3.8) is 0 Å². The molecule has 0 amide bonds. The van der Waals surface area contributed by atoms with E-state index in [0.717, 1.165) is 16.8 Å². The molecule has 3 aromatic carbocycles. The van der Waals surface area contributed by atoms with Crippen LogP contribution in [-0.4, -0.2) is 16.1 Å². The second kappa shape index (κ2) is 6.46. The molecule has 0 radical (unpaired) electrons. The van der Waals surface area contributed by atoms with Gasteiger partial charge in [0.05, 0.1) is 5.56 Å². The van der Waals surface area contributed by atoms with Gasteiger partial charge in [0.2, 0.25) is 5.78 Å². The van der Waals surface area contributed by atoms with Crippen molar-refractivity contribution in [3.8, 4) is 11.3 Å². The standard InChI is InChI=1S/C25H17NO2/c27-24-19-13-7-8-14-20(19)25(28)23-21(24)15-22(18-11-5-2-6-12-18)26(23)16-17-9-3-1-4-10-17/h1-15H,16H2. The Kier molecular flexibility index (Phi) is 3.80. The van der Waals surface area contributed by atoms with Gasteiger partial charge in [0.15, 0.2) is 5.78 Å². The number of aromatic nitrogens is 1. The molecule has 3 nitrogen and oxygen atoms in total. The summed E-state index contributed by atoms with van der Waals surface area (Å²) in [7, 11) is 0. The van der Waals surface area contributed by atoms with Crippen molar-refractivity contribution in [1.82, 2.24) is 4.57 Å². The van der Waals surface area contributed by atoms with Gasteiger partial charge in [-0.25, -0.2) is 0 Å². The fourth-order valence-electron chi connectivity index (χ4n) is 3.90. The molecular weight excluding hydrogens is 346 g/mol. The third-order valence-electron chi connectivity index (χ3n) is 5.23. The second-order valence-electron chi connectivity index (χ2n) is 6.93. The molecule has 0 unspecified atom stereocenters. The number of fused-ring (bicyclic) bond motifs is 2. The quantitative estimate of drug-likeness (QED) is 0.453. The SMILES string of the molecule is O=C1c2ccccc2C(=O)c2c1cc(-c1ccccc1)n2Cc1ccccc1. The summed E-state index contributed by atoms with van der Waals surface area (Å²) in [5, 5.41) is 0. The highest BCUT2D eigenvalue weighted by Gasteiger charge is 2.34. The molecule has 28 heavy (non-hydrogen) atoms. The molecule has 1 aromatic heterocycles. The normalized spacial score (nSPS) is 12.6. The van der Waals surface area contributed by atoms with Crippen LogP contribution >= 0.6 is 0 Å². The summed E-state index contributed by atoms with van der Waals surface area (Å²) in [5.74, 6) is -0.183. The zero-order valence-electron chi connectivity index (χ0n) is 15.1. The topological polar surface area (TPSA) is 39.1 Å². The smallest absolute Gasteiger partial charge is 0.210 e. The minimum absolute atomic E-state index is 0.0887. The van der Waals surface area contributed by atoms with Gasteiger partial charge in [-0.05, 0) is 17.2 Å². The lowest BCUT2D eigenvalue weighted by atomic mass is 9.88. The van der Waals surface area contributed by atoms with E-state index < -0.39 is 0 Å². The maximum Gasteiger partial charge on any atom is 0.210 e. The van der Waals surface area contributed by atoms with Crippen molar-refractivity contribution in [2.45, 2.75) is 6.54 Å². The first-order chi connectivity index (χ1) is 13.7. The van der Waals surface area contributed by atoms with Crippen LogP contribution in [0.25, 0.3) is 11.3 Å². The zero-order valence-corrected chi connectivity index (χ0v) is 15.1. The molecule has 0 bridgehead atoms. The van der Waals surface area contributed by atoms with E-state index in [1.165, 1.54) is 0 Å². The van der Waals surface area contributed by atoms with Crippen molar-refractivity contribution in [1.29, 1.82) is 0 Å². The molecule has 0 fully saturated rings. The molecule has 4 aromatic rings. The highest BCUT2D eigenvalue weighted by molar-refractivity contribution is 6.28. The van der Waals surface area contributed by atoms with Crippen LogP contribution in [0.3, 0.4) is 0 Å². The van der Waals surface area contributed by atoms with Gasteiger partial charge in [-0.15, -0.1) is 0 Å². The monoisotopic (exact) mass is 363 g/mol. The molecule has 1 aliphatic rings. The number of benzene rings is 3. The molecule has 0 aliphatic heterocycles. The Hall–Kier alpha value is -3.72. The lowest BCUT2D eigenvalue weighted by molar-refractivity contribution is 0.0974. The van der Waals surface area contributed by atoms with Crippen LogP contribution in [-0.2, 0) is 6.54 Å². The third-order valence-corrected chi connectivity index (χ3v) is 5.23. The van der Waals surface area contributed by atoms with Crippen LogP contribution in [0.1, 0.15) is 37.5 Å². The summed E-state index contributed by atoms with van der Waals surface area (Å²) in [5.41, 5.74) is 4.87. The van der Waals surface area contributed by atoms with Crippen LogP contribution in [0.2, 0.25) is 0 Å². The van der Waals surface area contributed by atoms with E-state index in [4.69, 9.17) is 0 Å². The molecular formula is C25H17NO2. The summed E-state index contributed by atoms with van der Waals surface area (Å²) < 4.78 is 1.98. The molecule has 0 saturated heterocycles. The number of ketones is 2. The van der Waals surface area contributed by atoms with Crippen molar-refractivity contribution >= 4 is 11.6 Å². The summed E-state index contributed by atoms with van der Waals surface area (Å²) in [6.07, 6.45) is 0. The minimum atomic E-state index is -0.0942. The number of rotatable bonds is 3. The summed E-state index contributed by atoms with van der Waals surface area (Å²) in [4.78, 5) is 26.5. The van der Waals surface area contributed by atoms with E-state index in [1.807, 2.05) is 71.3 Å². The summed E-state index contributed by atoms with van der Waals surface area (Å²) in [6.45, 7) is 0.529. The largest absolute Gasteiger partial charge is 0.333 e. The molecule has 1 aliphatic carbocycles. The van der Waals surface area contributed by atoms with Crippen LogP contribution in [0, 0.1) is 0 Å². The fraction of sp³-hybridized carbons (Fsp3) is 0.0400. The maximum absolute atomic E-state index is 13.3. The van der Waals surface area contributed by atoms with Crippen molar-refractivity contribution < 1.29 is 9.59 Å². The van der Waals surface area contributed by atoms with Crippen LogP contribution in [0.4, 0.5) is 0 Å². The van der Waals surface area contributed by atoms with E-state index in [0.29, 0.717) is 28.9 Å². The molecule has 0 spiro atoms. The summed E-state index contributed by atoms with van der Waals surface area (Å²) >= 11 is 0. The number of nitrogens with zero attached hydrogens (tertiary/aromatic N) is 1. The molecule has 0 saturated carbocycles. The van der Waals surface area contributed by atoms with Gasteiger partial charge in [0.25, 0.3) is 0 Å². The predicted molar refractivity (Wildman–Crippen MR) is 109 cm³/mol. The van der Waals surface area contributed by atoms with Gasteiger partial charge >= 0.3 is 0 Å². The fourth-order valence-corrected chi connectivity index (χ4v) is 3.90. The number of carbonyl (C=O) groups is 2. The molecule has 3 heteroatoms. The highest BCUT2D eigenvalue weighted by Crippen LogP contribution is 2.34. The van der Waals surface area contributed by atoms with E-state index in [9.17, 15) is 9.59 Å². The van der Waals surface area contributed by atoms with Gasteiger partial charge in [0, 0.05) is 23.4 Å². The Bertz CT molecular complexity index is 1200. The Labute approximate surface area is 162 Å². The third kappa shape index (κ3) is 2.52.